The fourth-order valence-corrected chi connectivity index (χ4v) is 3.38. The molecule has 1 unspecified atom stereocenters. The van der Waals surface area contributed by atoms with Crippen LogP contribution in [0.5, 0.6) is 0 Å². The van der Waals surface area contributed by atoms with Gasteiger partial charge >= 0.3 is 0 Å². The van der Waals surface area contributed by atoms with Gasteiger partial charge in [0.1, 0.15) is 5.82 Å². The maximum Gasteiger partial charge on any atom is 0.223 e. The van der Waals surface area contributed by atoms with Crippen LogP contribution in [0.2, 0.25) is 0 Å². The third-order valence-corrected chi connectivity index (χ3v) is 4.62. The van der Waals surface area contributed by atoms with Crippen LogP contribution >= 0.6 is 0 Å². The van der Waals surface area contributed by atoms with Crippen LogP contribution in [-0.2, 0) is 11.3 Å². The Labute approximate surface area is 112 Å². The van der Waals surface area contributed by atoms with E-state index in [2.05, 4.69) is 12.2 Å². The lowest BCUT2D eigenvalue weighted by molar-refractivity contribution is -0.142. The number of rotatable bonds is 2. The first kappa shape index (κ1) is 12.6. The van der Waals surface area contributed by atoms with Gasteiger partial charge in [-0.15, -0.1) is 0 Å². The number of benzene rings is 1. The van der Waals surface area contributed by atoms with Gasteiger partial charge in [-0.3, -0.25) is 4.79 Å². The summed E-state index contributed by atoms with van der Waals surface area (Å²) >= 11 is 0. The lowest BCUT2D eigenvalue weighted by Gasteiger charge is -2.46. The molecule has 19 heavy (non-hydrogen) atoms. The number of carbonyl (C=O) groups is 1. The van der Waals surface area contributed by atoms with Crippen LogP contribution < -0.4 is 5.32 Å². The van der Waals surface area contributed by atoms with Crippen molar-refractivity contribution in [3.63, 3.8) is 0 Å². The van der Waals surface area contributed by atoms with E-state index in [-0.39, 0.29) is 17.3 Å². The number of halogens is 1. The molecule has 1 N–H and O–H groups in total. The number of amides is 1. The first-order valence-corrected chi connectivity index (χ1v) is 6.88. The van der Waals surface area contributed by atoms with Gasteiger partial charge in [0.2, 0.25) is 5.91 Å². The molecule has 2 heterocycles. The van der Waals surface area contributed by atoms with Gasteiger partial charge in [0.15, 0.2) is 0 Å². The molecule has 1 aromatic carbocycles. The van der Waals surface area contributed by atoms with Crippen molar-refractivity contribution in [1.82, 2.24) is 10.2 Å². The first-order chi connectivity index (χ1) is 9.11. The van der Waals surface area contributed by atoms with Crippen LogP contribution in [0, 0.1) is 5.82 Å². The highest BCUT2D eigenvalue weighted by Gasteiger charge is 2.48. The van der Waals surface area contributed by atoms with Crippen molar-refractivity contribution in [1.29, 1.82) is 0 Å². The number of piperidine rings is 1. The van der Waals surface area contributed by atoms with Gasteiger partial charge < -0.3 is 10.2 Å². The monoisotopic (exact) mass is 262 g/mol. The number of nitrogens with zero attached hydrogens (tertiary/aromatic N) is 1. The third-order valence-electron chi connectivity index (χ3n) is 4.62. The fourth-order valence-electron chi connectivity index (χ4n) is 3.38. The molecule has 102 valence electrons. The van der Waals surface area contributed by atoms with Crippen LogP contribution in [-0.4, -0.2) is 28.9 Å². The molecule has 2 aliphatic heterocycles. The number of hydrogen-bond donors (Lipinski definition) is 1. The Morgan fingerprint density at radius 2 is 2.26 bits per heavy atom. The van der Waals surface area contributed by atoms with E-state index in [4.69, 9.17) is 0 Å². The summed E-state index contributed by atoms with van der Waals surface area (Å²) in [6.45, 7) is 3.43. The topological polar surface area (TPSA) is 32.3 Å². The molecule has 2 aliphatic rings. The predicted octanol–water partition coefficient (Wildman–Crippen LogP) is 2.07. The minimum atomic E-state index is -0.230. The zero-order valence-corrected chi connectivity index (χ0v) is 11.2. The number of fused-ring (bicyclic) bond motifs is 1. The van der Waals surface area contributed by atoms with Gasteiger partial charge in [-0.05, 0) is 32.4 Å². The van der Waals surface area contributed by atoms with E-state index in [1.807, 2.05) is 11.0 Å². The van der Waals surface area contributed by atoms with E-state index in [0.717, 1.165) is 19.4 Å². The van der Waals surface area contributed by atoms with Gasteiger partial charge in [-0.1, -0.05) is 18.2 Å². The largest absolute Gasteiger partial charge is 0.331 e. The summed E-state index contributed by atoms with van der Waals surface area (Å²) in [7, 11) is 0. The van der Waals surface area contributed by atoms with E-state index in [1.54, 1.807) is 12.1 Å². The predicted molar refractivity (Wildman–Crippen MR) is 71.0 cm³/mol. The lowest BCUT2D eigenvalue weighted by Crippen LogP contribution is -2.59. The molecule has 1 aromatic rings. The van der Waals surface area contributed by atoms with Crippen LogP contribution in [0.1, 0.15) is 31.7 Å². The van der Waals surface area contributed by atoms with Crippen molar-refractivity contribution in [3.8, 4) is 0 Å². The summed E-state index contributed by atoms with van der Waals surface area (Å²) in [6.07, 6.45) is 2.39. The van der Waals surface area contributed by atoms with E-state index >= 15 is 0 Å². The second-order valence-electron chi connectivity index (χ2n) is 5.72. The minimum absolute atomic E-state index is 0.144. The van der Waals surface area contributed by atoms with Crippen LogP contribution in [0.15, 0.2) is 24.3 Å². The molecule has 0 radical (unpaired) electrons. The second kappa shape index (κ2) is 4.60. The first-order valence-electron chi connectivity index (χ1n) is 6.88. The molecule has 0 spiro atoms. The highest BCUT2D eigenvalue weighted by molar-refractivity contribution is 5.78. The normalized spacial score (nSPS) is 30.5. The van der Waals surface area contributed by atoms with Crippen LogP contribution in [0.3, 0.4) is 0 Å². The SMILES string of the molecule is C[C@]12CCNC1CCC(=O)N2Cc1ccccc1F. The molecule has 0 bridgehead atoms. The molecule has 0 aliphatic carbocycles. The summed E-state index contributed by atoms with van der Waals surface area (Å²) in [5, 5.41) is 3.46. The van der Waals surface area contributed by atoms with Crippen molar-refractivity contribution < 1.29 is 9.18 Å². The summed E-state index contributed by atoms with van der Waals surface area (Å²) in [5.74, 6) is -0.0855. The second-order valence-corrected chi connectivity index (χ2v) is 5.72. The standard InChI is InChI=1S/C15H19FN2O/c1-15-8-9-17-13(15)6-7-14(19)18(15)10-11-4-2-3-5-12(11)16/h2-5,13,17H,6-10H2,1H3/t13?,15-/m0/s1. The number of hydrogen-bond acceptors (Lipinski definition) is 2. The number of likely N-dealkylation sites (tertiary alicyclic amines) is 1. The highest BCUT2D eigenvalue weighted by Crippen LogP contribution is 2.36. The van der Waals surface area contributed by atoms with Crippen molar-refractivity contribution in [3.05, 3.63) is 35.6 Å². The van der Waals surface area contributed by atoms with Gasteiger partial charge in [-0.2, -0.15) is 0 Å². The van der Waals surface area contributed by atoms with Crippen molar-refractivity contribution in [2.75, 3.05) is 6.54 Å². The summed E-state index contributed by atoms with van der Waals surface area (Å²) in [6, 6.07) is 7.06. The van der Waals surface area contributed by atoms with E-state index in [9.17, 15) is 9.18 Å². The molecule has 0 aromatic heterocycles. The summed E-state index contributed by atoms with van der Waals surface area (Å²) < 4.78 is 13.8. The molecule has 4 heteroatoms. The highest BCUT2D eigenvalue weighted by atomic mass is 19.1. The van der Waals surface area contributed by atoms with Gasteiger partial charge in [0, 0.05) is 24.6 Å². The molecule has 2 saturated heterocycles. The quantitative estimate of drug-likeness (QED) is 0.885. The van der Waals surface area contributed by atoms with Crippen LogP contribution in [0.25, 0.3) is 0 Å². The molecule has 0 saturated carbocycles. The fraction of sp³-hybridized carbons (Fsp3) is 0.533. The van der Waals surface area contributed by atoms with E-state index in [0.29, 0.717) is 24.6 Å². The van der Waals surface area contributed by atoms with Crippen molar-refractivity contribution in [2.24, 2.45) is 0 Å². The Morgan fingerprint density at radius 1 is 1.47 bits per heavy atom. The summed E-state index contributed by atoms with van der Waals surface area (Å²) in [4.78, 5) is 14.1. The molecule has 3 nitrogen and oxygen atoms in total. The Kier molecular flexibility index (Phi) is 3.05. The Bertz CT molecular complexity index is 505. The zero-order chi connectivity index (χ0) is 13.5. The van der Waals surface area contributed by atoms with Crippen molar-refractivity contribution in [2.45, 2.75) is 44.3 Å². The molecule has 2 fully saturated rings. The van der Waals surface area contributed by atoms with Gasteiger partial charge in [-0.25, -0.2) is 4.39 Å². The molecule has 1 amide bonds. The number of carbonyl (C=O) groups excluding carboxylic acids is 1. The molecule has 3 rings (SSSR count). The van der Waals surface area contributed by atoms with Gasteiger partial charge in [0.25, 0.3) is 0 Å². The maximum atomic E-state index is 13.8. The number of nitrogens with one attached hydrogen (secondary N) is 1. The zero-order valence-electron chi connectivity index (χ0n) is 11.2. The Hall–Kier alpha value is -1.42. The Balaban J connectivity index is 1.89. The molecular formula is C15H19FN2O. The smallest absolute Gasteiger partial charge is 0.223 e. The Morgan fingerprint density at radius 3 is 3.05 bits per heavy atom. The third kappa shape index (κ3) is 2.04. The minimum Gasteiger partial charge on any atom is -0.331 e. The summed E-state index contributed by atoms with van der Waals surface area (Å²) in [5.41, 5.74) is 0.432. The maximum absolute atomic E-state index is 13.8. The average Bonchev–Trinajstić information content (AvgIpc) is 2.77. The molecule has 2 atom stereocenters. The molecular weight excluding hydrogens is 243 g/mol. The van der Waals surface area contributed by atoms with E-state index in [1.165, 1.54) is 6.07 Å². The lowest BCUT2D eigenvalue weighted by atomic mass is 9.83. The van der Waals surface area contributed by atoms with Crippen LogP contribution in [0.4, 0.5) is 4.39 Å². The van der Waals surface area contributed by atoms with E-state index < -0.39 is 0 Å². The van der Waals surface area contributed by atoms with Crippen molar-refractivity contribution >= 4 is 5.91 Å². The van der Waals surface area contributed by atoms with Gasteiger partial charge in [0.05, 0.1) is 5.54 Å². The average molecular weight is 262 g/mol.